The summed E-state index contributed by atoms with van der Waals surface area (Å²) in [5.41, 5.74) is 7.60. The van der Waals surface area contributed by atoms with Crippen molar-refractivity contribution in [3.05, 3.63) is 29.6 Å². The van der Waals surface area contributed by atoms with E-state index < -0.39 is 0 Å². The molecule has 94 valence electrons. The molecule has 0 aliphatic heterocycles. The van der Waals surface area contributed by atoms with E-state index in [0.717, 1.165) is 17.9 Å². The largest absolute Gasteiger partial charge is 0.409 e. The number of rotatable bonds is 5. The third kappa shape index (κ3) is 3.71. The van der Waals surface area contributed by atoms with E-state index in [1.165, 1.54) is 0 Å². The monoisotopic (exact) mass is 236 g/mol. The van der Waals surface area contributed by atoms with E-state index in [9.17, 15) is 0 Å². The van der Waals surface area contributed by atoms with Gasteiger partial charge in [-0.2, -0.15) is 0 Å². The van der Waals surface area contributed by atoms with Gasteiger partial charge in [-0.25, -0.2) is 0 Å². The molecular formula is C12H20N4O. The van der Waals surface area contributed by atoms with Crippen LogP contribution in [-0.2, 0) is 6.54 Å². The molecule has 1 aromatic heterocycles. The fourth-order valence-corrected chi connectivity index (χ4v) is 1.69. The van der Waals surface area contributed by atoms with Crippen molar-refractivity contribution in [2.75, 3.05) is 6.54 Å². The summed E-state index contributed by atoms with van der Waals surface area (Å²) in [6, 6.07) is 5.83. The van der Waals surface area contributed by atoms with Crippen LogP contribution in [0.3, 0.4) is 0 Å². The summed E-state index contributed by atoms with van der Waals surface area (Å²) in [4.78, 5) is 6.54. The molecule has 0 bridgehead atoms. The first-order valence-electron chi connectivity index (χ1n) is 5.72. The van der Waals surface area contributed by atoms with Gasteiger partial charge in [-0.3, -0.25) is 9.88 Å². The lowest BCUT2D eigenvalue weighted by molar-refractivity contribution is 0.244. The Hall–Kier alpha value is -1.62. The highest BCUT2D eigenvalue weighted by Crippen LogP contribution is 2.07. The van der Waals surface area contributed by atoms with Crippen LogP contribution in [0, 0.1) is 6.92 Å². The lowest BCUT2D eigenvalue weighted by Gasteiger charge is -2.26. The standard InChI is InChI=1S/C12H20N4O/c1-4-16(10(3)12(13)15-17)8-11-7-5-6-9(2)14-11/h5-7,10,17H,4,8H2,1-3H3,(H2,13,15). The molecule has 0 fully saturated rings. The highest BCUT2D eigenvalue weighted by atomic mass is 16.4. The first-order valence-corrected chi connectivity index (χ1v) is 5.72. The zero-order valence-corrected chi connectivity index (χ0v) is 10.6. The van der Waals surface area contributed by atoms with Gasteiger partial charge in [-0.15, -0.1) is 0 Å². The minimum absolute atomic E-state index is 0.104. The topological polar surface area (TPSA) is 74.7 Å². The Morgan fingerprint density at radius 1 is 1.59 bits per heavy atom. The summed E-state index contributed by atoms with van der Waals surface area (Å²) < 4.78 is 0. The molecule has 0 aliphatic carbocycles. The van der Waals surface area contributed by atoms with Gasteiger partial charge >= 0.3 is 0 Å². The first kappa shape index (κ1) is 13.4. The third-order valence-corrected chi connectivity index (χ3v) is 2.81. The van der Waals surface area contributed by atoms with Crippen LogP contribution in [0.4, 0.5) is 0 Å². The van der Waals surface area contributed by atoms with Crippen LogP contribution in [0.2, 0.25) is 0 Å². The van der Waals surface area contributed by atoms with Crippen LogP contribution in [0.5, 0.6) is 0 Å². The van der Waals surface area contributed by atoms with E-state index >= 15 is 0 Å². The Labute approximate surface area is 102 Å². The highest BCUT2D eigenvalue weighted by Gasteiger charge is 2.16. The van der Waals surface area contributed by atoms with Crippen molar-refractivity contribution in [3.8, 4) is 0 Å². The molecule has 3 N–H and O–H groups in total. The summed E-state index contributed by atoms with van der Waals surface area (Å²) in [5.74, 6) is 0.222. The molecule has 17 heavy (non-hydrogen) atoms. The van der Waals surface area contributed by atoms with E-state index in [-0.39, 0.29) is 11.9 Å². The molecule has 1 aromatic rings. The van der Waals surface area contributed by atoms with Gasteiger partial charge in [0.05, 0.1) is 11.7 Å². The number of likely N-dealkylation sites (N-methyl/N-ethyl adjacent to an activating group) is 1. The lowest BCUT2D eigenvalue weighted by atomic mass is 10.2. The first-order chi connectivity index (χ1) is 8.08. The van der Waals surface area contributed by atoms with Gasteiger partial charge in [0.25, 0.3) is 0 Å². The second kappa shape index (κ2) is 6.20. The van der Waals surface area contributed by atoms with Crippen LogP contribution in [0.15, 0.2) is 23.4 Å². The van der Waals surface area contributed by atoms with Crippen LogP contribution >= 0.6 is 0 Å². The molecule has 1 atom stereocenters. The smallest absolute Gasteiger partial charge is 0.156 e. The average molecular weight is 236 g/mol. The zero-order chi connectivity index (χ0) is 12.8. The molecule has 0 aromatic carbocycles. The van der Waals surface area contributed by atoms with Crippen molar-refractivity contribution in [3.63, 3.8) is 0 Å². The SMILES string of the molecule is CCN(Cc1cccc(C)n1)C(C)C(N)=NO. The van der Waals surface area contributed by atoms with Crippen molar-refractivity contribution >= 4 is 5.84 Å². The summed E-state index contributed by atoms with van der Waals surface area (Å²) in [7, 11) is 0. The van der Waals surface area contributed by atoms with Gasteiger partial charge in [-0.05, 0) is 32.5 Å². The molecular weight excluding hydrogens is 216 g/mol. The molecule has 5 heteroatoms. The van der Waals surface area contributed by atoms with Crippen LogP contribution in [0.1, 0.15) is 25.2 Å². The molecule has 0 saturated heterocycles. The fourth-order valence-electron chi connectivity index (χ4n) is 1.69. The molecule has 1 heterocycles. The lowest BCUT2D eigenvalue weighted by Crippen LogP contribution is -2.42. The maximum atomic E-state index is 8.68. The van der Waals surface area contributed by atoms with Crippen LogP contribution < -0.4 is 5.73 Å². The van der Waals surface area contributed by atoms with E-state index in [2.05, 4.69) is 15.0 Å². The number of amidine groups is 1. The predicted octanol–water partition coefficient (Wildman–Crippen LogP) is 1.35. The number of aryl methyl sites for hydroxylation is 1. The van der Waals surface area contributed by atoms with Gasteiger partial charge in [0, 0.05) is 12.2 Å². The van der Waals surface area contributed by atoms with E-state index in [1.54, 1.807) is 0 Å². The Morgan fingerprint density at radius 3 is 2.82 bits per heavy atom. The van der Waals surface area contributed by atoms with Crippen molar-refractivity contribution in [2.45, 2.75) is 33.4 Å². The van der Waals surface area contributed by atoms with Gasteiger partial charge in [0.1, 0.15) is 0 Å². The number of oxime groups is 1. The Bertz CT molecular complexity index is 392. The van der Waals surface area contributed by atoms with E-state index in [1.807, 2.05) is 39.0 Å². The van der Waals surface area contributed by atoms with E-state index in [0.29, 0.717) is 6.54 Å². The number of pyridine rings is 1. The molecule has 0 spiro atoms. The average Bonchev–Trinajstić information content (AvgIpc) is 2.34. The molecule has 5 nitrogen and oxygen atoms in total. The van der Waals surface area contributed by atoms with Gasteiger partial charge in [0.2, 0.25) is 0 Å². The van der Waals surface area contributed by atoms with Crippen molar-refractivity contribution in [1.82, 2.24) is 9.88 Å². The maximum absolute atomic E-state index is 8.68. The minimum atomic E-state index is -0.104. The quantitative estimate of drug-likeness (QED) is 0.350. The third-order valence-electron chi connectivity index (χ3n) is 2.81. The normalized spacial score (nSPS) is 14.0. The van der Waals surface area contributed by atoms with Crippen molar-refractivity contribution in [1.29, 1.82) is 0 Å². The van der Waals surface area contributed by atoms with E-state index in [4.69, 9.17) is 10.9 Å². The Balaban J connectivity index is 2.76. The summed E-state index contributed by atoms with van der Waals surface area (Å²) in [6.45, 7) is 7.42. The second-order valence-electron chi connectivity index (χ2n) is 4.03. The number of aromatic nitrogens is 1. The fraction of sp³-hybridized carbons (Fsp3) is 0.500. The van der Waals surface area contributed by atoms with Crippen molar-refractivity contribution < 1.29 is 5.21 Å². The summed E-state index contributed by atoms with van der Waals surface area (Å²) in [5, 5.41) is 11.7. The maximum Gasteiger partial charge on any atom is 0.156 e. The molecule has 0 aliphatic rings. The van der Waals surface area contributed by atoms with Crippen LogP contribution in [0.25, 0.3) is 0 Å². The molecule has 1 unspecified atom stereocenters. The van der Waals surface area contributed by atoms with Crippen molar-refractivity contribution in [2.24, 2.45) is 10.9 Å². The molecule has 0 radical (unpaired) electrons. The zero-order valence-electron chi connectivity index (χ0n) is 10.6. The van der Waals surface area contributed by atoms with Gasteiger partial charge in [-0.1, -0.05) is 18.1 Å². The van der Waals surface area contributed by atoms with Gasteiger partial charge in [0.15, 0.2) is 5.84 Å². The predicted molar refractivity (Wildman–Crippen MR) is 67.9 cm³/mol. The Kier molecular flexibility index (Phi) is 4.90. The molecule has 0 amide bonds. The number of hydrogen-bond donors (Lipinski definition) is 2. The summed E-state index contributed by atoms with van der Waals surface area (Å²) in [6.07, 6.45) is 0. The number of nitrogens with two attached hydrogens (primary N) is 1. The van der Waals surface area contributed by atoms with Crippen LogP contribution in [-0.4, -0.2) is 33.5 Å². The minimum Gasteiger partial charge on any atom is -0.409 e. The summed E-state index contributed by atoms with van der Waals surface area (Å²) >= 11 is 0. The number of nitrogens with zero attached hydrogens (tertiary/aromatic N) is 3. The highest BCUT2D eigenvalue weighted by molar-refractivity contribution is 5.84. The van der Waals surface area contributed by atoms with Gasteiger partial charge < -0.3 is 10.9 Å². The number of hydrogen-bond acceptors (Lipinski definition) is 4. The molecule has 0 saturated carbocycles. The Morgan fingerprint density at radius 2 is 2.29 bits per heavy atom. The molecule has 1 rings (SSSR count). The second-order valence-corrected chi connectivity index (χ2v) is 4.03.